The average Bonchev–Trinajstić information content (AvgIpc) is 2.81. The summed E-state index contributed by atoms with van der Waals surface area (Å²) in [6, 6.07) is 6.72. The second-order valence-corrected chi connectivity index (χ2v) is 4.94. The number of ether oxygens (including phenoxy) is 1. The van der Waals surface area contributed by atoms with Crippen LogP contribution < -0.4 is 10.2 Å². The molecule has 0 aliphatic carbocycles. The molecule has 1 heterocycles. The molecule has 2 N–H and O–H groups in total. The topological polar surface area (TPSA) is 75.7 Å². The van der Waals surface area contributed by atoms with Gasteiger partial charge < -0.3 is 19.2 Å². The van der Waals surface area contributed by atoms with E-state index in [0.717, 1.165) is 5.69 Å². The predicted octanol–water partition coefficient (Wildman–Crippen LogP) is 0.834. The normalized spacial score (nSPS) is 10.5. The zero-order valence-corrected chi connectivity index (χ0v) is 11.3. The molecule has 0 radical (unpaired) electrons. The molecule has 0 amide bonds. The van der Waals surface area contributed by atoms with Gasteiger partial charge in [-0.3, -0.25) is 0 Å². The van der Waals surface area contributed by atoms with E-state index >= 15 is 0 Å². The third-order valence-electron chi connectivity index (χ3n) is 2.33. The minimum atomic E-state index is -1.48. The van der Waals surface area contributed by atoms with Crippen molar-refractivity contribution in [3.8, 4) is 5.75 Å². The first-order chi connectivity index (χ1) is 9.15. The molecule has 0 unspecified atom stereocenters. The zero-order chi connectivity index (χ0) is 13.7. The molecule has 0 atom stereocenters. The predicted molar refractivity (Wildman–Crippen MR) is 73.7 cm³/mol. The molecule has 100 valence electrons. The van der Waals surface area contributed by atoms with Gasteiger partial charge in [-0.2, -0.15) is 0 Å². The first-order valence-corrected chi connectivity index (χ1v) is 6.77. The summed E-state index contributed by atoms with van der Waals surface area (Å²) in [4.78, 5) is 4.17. The quantitative estimate of drug-likeness (QED) is 0.463. The van der Waals surface area contributed by atoms with Gasteiger partial charge in [0.05, 0.1) is 12.3 Å². The summed E-state index contributed by atoms with van der Waals surface area (Å²) in [7, 11) is -1.48. The van der Waals surface area contributed by atoms with Gasteiger partial charge in [0.15, 0.2) is 0 Å². The first-order valence-electron chi connectivity index (χ1n) is 5.79. The molecule has 0 fully saturated rings. The lowest BCUT2D eigenvalue weighted by Crippen LogP contribution is -2.29. The highest BCUT2D eigenvalue weighted by Crippen LogP contribution is 2.17. The SMILES string of the molecule is Cc1coc(SCCOc2cccc(B(O)O)c2)n1. The minimum absolute atomic E-state index is 0.411. The Morgan fingerprint density at radius 1 is 1.42 bits per heavy atom. The van der Waals surface area contributed by atoms with Gasteiger partial charge in [0.1, 0.15) is 12.0 Å². The van der Waals surface area contributed by atoms with Crippen LogP contribution in [0.25, 0.3) is 0 Å². The number of aromatic nitrogens is 1. The molecule has 19 heavy (non-hydrogen) atoms. The maximum absolute atomic E-state index is 9.05. The molecule has 1 aromatic heterocycles. The van der Waals surface area contributed by atoms with Crippen LogP contribution in [0.15, 0.2) is 40.2 Å². The van der Waals surface area contributed by atoms with E-state index in [9.17, 15) is 0 Å². The average molecular weight is 279 g/mol. The number of hydrogen-bond acceptors (Lipinski definition) is 6. The number of thioether (sulfide) groups is 1. The van der Waals surface area contributed by atoms with E-state index < -0.39 is 7.12 Å². The van der Waals surface area contributed by atoms with Gasteiger partial charge in [0.25, 0.3) is 5.22 Å². The van der Waals surface area contributed by atoms with E-state index in [2.05, 4.69) is 4.98 Å². The third-order valence-corrected chi connectivity index (χ3v) is 3.14. The van der Waals surface area contributed by atoms with E-state index in [-0.39, 0.29) is 0 Å². The summed E-state index contributed by atoms with van der Waals surface area (Å²) in [5.74, 6) is 1.31. The van der Waals surface area contributed by atoms with Gasteiger partial charge in [0, 0.05) is 5.75 Å². The maximum atomic E-state index is 9.05. The van der Waals surface area contributed by atoms with Crippen molar-refractivity contribution in [2.24, 2.45) is 0 Å². The monoisotopic (exact) mass is 279 g/mol. The van der Waals surface area contributed by atoms with Crippen LogP contribution in [-0.4, -0.2) is 34.5 Å². The van der Waals surface area contributed by atoms with Gasteiger partial charge in [-0.1, -0.05) is 23.9 Å². The number of oxazole rings is 1. The molecule has 2 aromatic rings. The van der Waals surface area contributed by atoms with E-state index in [1.54, 1.807) is 30.5 Å². The first kappa shape index (κ1) is 14.0. The molecule has 1 aromatic carbocycles. The Balaban J connectivity index is 1.78. The lowest BCUT2D eigenvalue weighted by molar-refractivity contribution is 0.343. The molecular weight excluding hydrogens is 265 g/mol. The number of aryl methyl sites for hydroxylation is 1. The Kier molecular flexibility index (Phi) is 4.89. The molecule has 0 spiro atoms. The summed E-state index contributed by atoms with van der Waals surface area (Å²) in [6.07, 6.45) is 1.61. The summed E-state index contributed by atoms with van der Waals surface area (Å²) in [5.41, 5.74) is 1.27. The van der Waals surface area contributed by atoms with Gasteiger partial charge >= 0.3 is 7.12 Å². The second-order valence-electron chi connectivity index (χ2n) is 3.90. The summed E-state index contributed by atoms with van der Waals surface area (Å²) < 4.78 is 10.7. The zero-order valence-electron chi connectivity index (χ0n) is 10.4. The van der Waals surface area contributed by atoms with Gasteiger partial charge in [0.2, 0.25) is 0 Å². The van der Waals surface area contributed by atoms with Crippen molar-refractivity contribution in [3.63, 3.8) is 0 Å². The lowest BCUT2D eigenvalue weighted by atomic mass is 9.80. The van der Waals surface area contributed by atoms with E-state index in [1.807, 2.05) is 6.92 Å². The smallest absolute Gasteiger partial charge is 0.488 e. The number of benzene rings is 1. The van der Waals surface area contributed by atoms with Crippen molar-refractivity contribution in [2.45, 2.75) is 12.1 Å². The molecule has 0 aliphatic heterocycles. The van der Waals surface area contributed by atoms with Crippen LogP contribution in [-0.2, 0) is 0 Å². The highest BCUT2D eigenvalue weighted by Gasteiger charge is 2.11. The Bertz CT molecular complexity index is 532. The van der Waals surface area contributed by atoms with Gasteiger partial charge in [-0.15, -0.1) is 0 Å². The minimum Gasteiger partial charge on any atom is -0.493 e. The highest BCUT2D eigenvalue weighted by atomic mass is 32.2. The summed E-state index contributed by atoms with van der Waals surface area (Å²) in [6.45, 7) is 2.35. The van der Waals surface area contributed by atoms with Crippen molar-refractivity contribution in [1.29, 1.82) is 0 Å². The Morgan fingerprint density at radius 3 is 2.95 bits per heavy atom. The number of rotatable bonds is 6. The standard InChI is InChI=1S/C12H14BNO4S/c1-9-8-18-12(14-9)19-6-5-17-11-4-2-3-10(7-11)13(15)16/h2-4,7-8,15-16H,5-6H2,1H3. The maximum Gasteiger partial charge on any atom is 0.488 e. The van der Waals surface area contributed by atoms with Crippen molar-refractivity contribution in [1.82, 2.24) is 4.98 Å². The Morgan fingerprint density at radius 2 is 2.26 bits per heavy atom. The van der Waals surface area contributed by atoms with E-state index in [1.165, 1.54) is 11.8 Å². The van der Waals surface area contributed by atoms with Crippen LogP contribution in [0.4, 0.5) is 0 Å². The fraction of sp³-hybridized carbons (Fsp3) is 0.250. The van der Waals surface area contributed by atoms with Crippen molar-refractivity contribution in [3.05, 3.63) is 36.2 Å². The molecule has 0 aliphatic rings. The Hall–Kier alpha value is -1.44. The molecule has 5 nitrogen and oxygen atoms in total. The van der Waals surface area contributed by atoms with Gasteiger partial charge in [-0.05, 0) is 24.5 Å². The van der Waals surface area contributed by atoms with Crippen LogP contribution in [0.1, 0.15) is 5.69 Å². The lowest BCUT2D eigenvalue weighted by Gasteiger charge is -2.06. The van der Waals surface area contributed by atoms with Gasteiger partial charge in [-0.25, -0.2) is 4.98 Å². The van der Waals surface area contributed by atoms with E-state index in [4.69, 9.17) is 19.2 Å². The summed E-state index contributed by atoms with van der Waals surface area (Å²) >= 11 is 1.47. The number of nitrogens with zero attached hydrogens (tertiary/aromatic N) is 1. The van der Waals surface area contributed by atoms with Crippen LogP contribution in [0.5, 0.6) is 5.75 Å². The van der Waals surface area contributed by atoms with Crippen LogP contribution in [0, 0.1) is 6.92 Å². The van der Waals surface area contributed by atoms with Crippen molar-refractivity contribution in [2.75, 3.05) is 12.4 Å². The van der Waals surface area contributed by atoms with Crippen LogP contribution >= 0.6 is 11.8 Å². The molecule has 0 saturated carbocycles. The fourth-order valence-corrected chi connectivity index (χ4v) is 2.12. The molecular formula is C12H14BNO4S. The number of hydrogen-bond donors (Lipinski definition) is 2. The second kappa shape index (κ2) is 6.65. The van der Waals surface area contributed by atoms with Crippen molar-refractivity contribution < 1.29 is 19.2 Å². The van der Waals surface area contributed by atoms with Crippen LogP contribution in [0.2, 0.25) is 0 Å². The largest absolute Gasteiger partial charge is 0.493 e. The molecule has 0 saturated heterocycles. The van der Waals surface area contributed by atoms with E-state index in [0.29, 0.717) is 28.8 Å². The third kappa shape index (κ3) is 4.31. The Labute approximate surface area is 115 Å². The highest BCUT2D eigenvalue weighted by molar-refractivity contribution is 7.99. The molecule has 7 heteroatoms. The molecule has 0 bridgehead atoms. The van der Waals surface area contributed by atoms with Crippen molar-refractivity contribution >= 4 is 24.3 Å². The summed E-state index contributed by atoms with van der Waals surface area (Å²) in [5, 5.41) is 18.7. The van der Waals surface area contributed by atoms with Crippen LogP contribution in [0.3, 0.4) is 0 Å². The molecule has 2 rings (SSSR count). The fourth-order valence-electron chi connectivity index (χ4n) is 1.45.